The van der Waals surface area contributed by atoms with Crippen LogP contribution in [-0.4, -0.2) is 0 Å². The van der Waals surface area contributed by atoms with Crippen LogP contribution in [0.15, 0.2) is 72.8 Å². The molecule has 3 aromatic rings. The molecule has 0 aliphatic heterocycles. The Balaban J connectivity index is 2.10. The molecule has 3 rings (SSSR count). The van der Waals surface area contributed by atoms with Gasteiger partial charge in [-0.05, 0) is 72.8 Å². The molecule has 0 radical (unpaired) electrons. The van der Waals surface area contributed by atoms with Gasteiger partial charge < -0.3 is 16.4 Å². The third-order valence-electron chi connectivity index (χ3n) is 3.56. The van der Waals surface area contributed by atoms with E-state index < -0.39 is 0 Å². The fraction of sp³-hybridized carbons (Fsp3) is 0. The molecule has 0 amide bonds. The summed E-state index contributed by atoms with van der Waals surface area (Å²) in [6.07, 6.45) is 0. The molecule has 0 saturated heterocycles. The van der Waals surface area contributed by atoms with Gasteiger partial charge in [0.1, 0.15) is 0 Å². The minimum absolute atomic E-state index is 0.628. The van der Waals surface area contributed by atoms with Crippen LogP contribution < -0.4 is 16.4 Å². The normalized spacial score (nSPS) is 10.0. The van der Waals surface area contributed by atoms with Crippen molar-refractivity contribution in [2.75, 3.05) is 16.4 Å². The number of anilines is 5. The Bertz CT molecular complexity index is 783. The van der Waals surface area contributed by atoms with Crippen LogP contribution in [0.3, 0.4) is 0 Å². The van der Waals surface area contributed by atoms with Crippen LogP contribution in [-0.2, 0) is 0 Å². The summed E-state index contributed by atoms with van der Waals surface area (Å²) in [6.45, 7) is 0. The van der Waals surface area contributed by atoms with Crippen molar-refractivity contribution in [3.8, 4) is 6.07 Å². The zero-order valence-electron chi connectivity index (χ0n) is 12.5. The molecule has 0 atom stereocenters. The quantitative estimate of drug-likeness (QED) is 0.711. The minimum atomic E-state index is 0.628. The van der Waals surface area contributed by atoms with E-state index >= 15 is 0 Å². The molecule has 4 N–H and O–H groups in total. The highest BCUT2D eigenvalue weighted by atomic mass is 15.1. The third-order valence-corrected chi connectivity index (χ3v) is 3.56. The average Bonchev–Trinajstić information content (AvgIpc) is 2.59. The Morgan fingerprint density at radius 3 is 1.30 bits per heavy atom. The Morgan fingerprint density at radius 2 is 0.957 bits per heavy atom. The van der Waals surface area contributed by atoms with Gasteiger partial charge in [0.05, 0.1) is 11.6 Å². The second-order valence-corrected chi connectivity index (χ2v) is 5.18. The molecule has 3 aromatic carbocycles. The second-order valence-electron chi connectivity index (χ2n) is 5.18. The maximum absolute atomic E-state index is 8.97. The standard InChI is InChI=1S/C19H16N4/c20-13-14-1-7-17(8-2-14)23(18-9-3-15(21)4-10-18)19-11-5-16(22)6-12-19/h1-12H,21-22H2. The molecule has 4 heteroatoms. The van der Waals surface area contributed by atoms with Crippen molar-refractivity contribution < 1.29 is 0 Å². The molecular formula is C19H16N4. The lowest BCUT2D eigenvalue weighted by molar-refractivity contribution is 1.28. The molecule has 4 nitrogen and oxygen atoms in total. The predicted octanol–water partition coefficient (Wildman–Crippen LogP) is 4.19. The largest absolute Gasteiger partial charge is 0.399 e. The van der Waals surface area contributed by atoms with Crippen molar-refractivity contribution in [3.05, 3.63) is 78.4 Å². The summed E-state index contributed by atoms with van der Waals surface area (Å²) in [7, 11) is 0. The van der Waals surface area contributed by atoms with E-state index in [0.29, 0.717) is 16.9 Å². The van der Waals surface area contributed by atoms with E-state index in [9.17, 15) is 0 Å². The SMILES string of the molecule is N#Cc1ccc(N(c2ccc(N)cc2)c2ccc(N)cc2)cc1. The van der Waals surface area contributed by atoms with Gasteiger partial charge in [-0.2, -0.15) is 5.26 Å². The molecule has 23 heavy (non-hydrogen) atoms. The minimum Gasteiger partial charge on any atom is -0.399 e. The van der Waals surface area contributed by atoms with Crippen LogP contribution in [0.25, 0.3) is 0 Å². The van der Waals surface area contributed by atoms with Gasteiger partial charge in [0.2, 0.25) is 0 Å². The Kier molecular flexibility index (Phi) is 3.86. The maximum atomic E-state index is 8.97. The lowest BCUT2D eigenvalue weighted by atomic mass is 10.1. The van der Waals surface area contributed by atoms with Crippen LogP contribution in [0.5, 0.6) is 0 Å². The number of nitrogen functional groups attached to an aromatic ring is 2. The first-order chi connectivity index (χ1) is 11.2. The topological polar surface area (TPSA) is 79.1 Å². The van der Waals surface area contributed by atoms with Gasteiger partial charge in [-0.15, -0.1) is 0 Å². The van der Waals surface area contributed by atoms with Gasteiger partial charge in [0, 0.05) is 28.4 Å². The maximum Gasteiger partial charge on any atom is 0.0991 e. The molecule has 0 fully saturated rings. The highest BCUT2D eigenvalue weighted by Crippen LogP contribution is 2.35. The fourth-order valence-corrected chi connectivity index (χ4v) is 2.38. The van der Waals surface area contributed by atoms with Crippen LogP contribution in [0, 0.1) is 11.3 Å². The average molecular weight is 300 g/mol. The number of nitrogens with zero attached hydrogens (tertiary/aromatic N) is 2. The first-order valence-electron chi connectivity index (χ1n) is 7.19. The molecule has 0 unspecified atom stereocenters. The van der Waals surface area contributed by atoms with E-state index in [2.05, 4.69) is 11.0 Å². The van der Waals surface area contributed by atoms with Crippen molar-refractivity contribution in [1.29, 1.82) is 5.26 Å². The number of hydrogen-bond acceptors (Lipinski definition) is 4. The highest BCUT2D eigenvalue weighted by molar-refractivity contribution is 5.78. The van der Waals surface area contributed by atoms with Gasteiger partial charge in [0.15, 0.2) is 0 Å². The Labute approximate surface area is 135 Å². The van der Waals surface area contributed by atoms with Crippen molar-refractivity contribution in [3.63, 3.8) is 0 Å². The van der Waals surface area contributed by atoms with E-state index in [1.165, 1.54) is 0 Å². The van der Waals surface area contributed by atoms with E-state index in [1.807, 2.05) is 60.7 Å². The van der Waals surface area contributed by atoms with E-state index in [-0.39, 0.29) is 0 Å². The summed E-state index contributed by atoms with van der Waals surface area (Å²) in [6, 6.07) is 24.9. The molecule has 112 valence electrons. The Morgan fingerprint density at radius 1 is 0.609 bits per heavy atom. The van der Waals surface area contributed by atoms with Crippen molar-refractivity contribution in [2.24, 2.45) is 0 Å². The van der Waals surface area contributed by atoms with Crippen molar-refractivity contribution in [1.82, 2.24) is 0 Å². The Hall–Kier alpha value is -3.45. The number of rotatable bonds is 3. The highest BCUT2D eigenvalue weighted by Gasteiger charge is 2.12. The van der Waals surface area contributed by atoms with Gasteiger partial charge >= 0.3 is 0 Å². The van der Waals surface area contributed by atoms with Crippen LogP contribution in [0.1, 0.15) is 5.56 Å². The monoisotopic (exact) mass is 300 g/mol. The number of benzene rings is 3. The van der Waals surface area contributed by atoms with Crippen molar-refractivity contribution in [2.45, 2.75) is 0 Å². The molecule has 0 aliphatic carbocycles. The molecule has 0 bridgehead atoms. The smallest absolute Gasteiger partial charge is 0.0991 e. The number of hydrogen-bond donors (Lipinski definition) is 2. The van der Waals surface area contributed by atoms with Gasteiger partial charge in [-0.3, -0.25) is 0 Å². The zero-order valence-corrected chi connectivity index (χ0v) is 12.5. The molecule has 0 heterocycles. The summed E-state index contributed by atoms with van der Waals surface area (Å²) in [4.78, 5) is 2.08. The van der Waals surface area contributed by atoms with Crippen LogP contribution >= 0.6 is 0 Å². The second kappa shape index (κ2) is 6.12. The lowest BCUT2D eigenvalue weighted by Crippen LogP contribution is -2.10. The van der Waals surface area contributed by atoms with E-state index in [4.69, 9.17) is 16.7 Å². The molecular weight excluding hydrogens is 284 g/mol. The van der Waals surface area contributed by atoms with Crippen molar-refractivity contribution >= 4 is 28.4 Å². The summed E-state index contributed by atoms with van der Waals surface area (Å²) in [5, 5.41) is 8.97. The first-order valence-corrected chi connectivity index (χ1v) is 7.19. The number of nitrogens with two attached hydrogens (primary N) is 2. The summed E-state index contributed by atoms with van der Waals surface area (Å²) < 4.78 is 0. The molecule has 0 saturated carbocycles. The summed E-state index contributed by atoms with van der Waals surface area (Å²) >= 11 is 0. The van der Waals surface area contributed by atoms with Crippen LogP contribution in [0.2, 0.25) is 0 Å². The van der Waals surface area contributed by atoms with E-state index in [0.717, 1.165) is 17.1 Å². The molecule has 0 spiro atoms. The number of nitriles is 1. The summed E-state index contributed by atoms with van der Waals surface area (Å²) in [5.41, 5.74) is 16.6. The molecule has 0 aliphatic rings. The van der Waals surface area contributed by atoms with Gasteiger partial charge in [-0.25, -0.2) is 0 Å². The third kappa shape index (κ3) is 3.09. The first kappa shape index (κ1) is 14.5. The van der Waals surface area contributed by atoms with E-state index in [1.54, 1.807) is 12.1 Å². The van der Waals surface area contributed by atoms with Gasteiger partial charge in [-0.1, -0.05) is 0 Å². The lowest BCUT2D eigenvalue weighted by Gasteiger charge is -2.25. The predicted molar refractivity (Wildman–Crippen MR) is 94.7 cm³/mol. The fourth-order valence-electron chi connectivity index (χ4n) is 2.38. The zero-order chi connectivity index (χ0) is 16.2. The molecule has 0 aromatic heterocycles. The summed E-state index contributed by atoms with van der Waals surface area (Å²) in [5.74, 6) is 0. The van der Waals surface area contributed by atoms with Crippen LogP contribution in [0.4, 0.5) is 28.4 Å². The van der Waals surface area contributed by atoms with Gasteiger partial charge in [0.25, 0.3) is 0 Å².